The fraction of sp³-hybridized carbons (Fsp3) is 0.200. The molecule has 2 aromatic carbocycles. The Morgan fingerprint density at radius 1 is 1.25 bits per heavy atom. The van der Waals surface area contributed by atoms with Gasteiger partial charge >= 0.3 is 0 Å². The lowest BCUT2D eigenvalue weighted by atomic mass is 9.92. The molecule has 2 nitrogen and oxygen atoms in total. The zero-order valence-corrected chi connectivity index (χ0v) is 13.2. The van der Waals surface area contributed by atoms with Crippen LogP contribution in [0.5, 0.6) is 0 Å². The fourth-order valence-electron chi connectivity index (χ4n) is 1.96. The maximum Gasteiger partial charge on any atom is 0.128 e. The molecule has 0 radical (unpaired) electrons. The number of halogens is 3. The van der Waals surface area contributed by atoms with E-state index in [9.17, 15) is 9.50 Å². The Kier molecular flexibility index (Phi) is 4.68. The van der Waals surface area contributed by atoms with Gasteiger partial charge in [-0.25, -0.2) is 4.39 Å². The van der Waals surface area contributed by atoms with Crippen LogP contribution in [0.3, 0.4) is 0 Å². The number of hydrogen-bond donors (Lipinski definition) is 2. The van der Waals surface area contributed by atoms with Crippen molar-refractivity contribution in [3.05, 3.63) is 63.3 Å². The van der Waals surface area contributed by atoms with Gasteiger partial charge in [0.2, 0.25) is 0 Å². The van der Waals surface area contributed by atoms with Crippen molar-refractivity contribution in [1.82, 2.24) is 0 Å². The minimum atomic E-state index is -0.929. The Labute approximate surface area is 130 Å². The Hall–Kier alpha value is -1.10. The molecule has 0 spiro atoms. The van der Waals surface area contributed by atoms with Crippen molar-refractivity contribution in [1.29, 1.82) is 0 Å². The number of anilines is 1. The van der Waals surface area contributed by atoms with E-state index in [4.69, 9.17) is 11.6 Å². The summed E-state index contributed by atoms with van der Waals surface area (Å²) in [5, 5.41) is 13.5. The molecule has 0 heterocycles. The van der Waals surface area contributed by atoms with Gasteiger partial charge in [-0.2, -0.15) is 0 Å². The zero-order valence-electron chi connectivity index (χ0n) is 10.8. The first-order valence-corrected chi connectivity index (χ1v) is 7.22. The van der Waals surface area contributed by atoms with Crippen LogP contribution in [-0.4, -0.2) is 11.7 Å². The van der Waals surface area contributed by atoms with Crippen molar-refractivity contribution in [3.63, 3.8) is 0 Å². The van der Waals surface area contributed by atoms with Gasteiger partial charge < -0.3 is 10.4 Å². The van der Waals surface area contributed by atoms with E-state index in [1.807, 2.05) is 0 Å². The number of rotatable bonds is 4. The molecule has 0 saturated heterocycles. The molecule has 1 unspecified atom stereocenters. The van der Waals surface area contributed by atoms with E-state index >= 15 is 0 Å². The van der Waals surface area contributed by atoms with Crippen LogP contribution < -0.4 is 5.32 Å². The van der Waals surface area contributed by atoms with Gasteiger partial charge in [0.1, 0.15) is 5.82 Å². The minimum Gasteiger partial charge on any atom is -0.394 e. The van der Waals surface area contributed by atoms with Gasteiger partial charge in [0.15, 0.2) is 0 Å². The molecular weight excluding hydrogens is 345 g/mol. The molecule has 5 heteroatoms. The minimum absolute atomic E-state index is 0.247. The summed E-state index contributed by atoms with van der Waals surface area (Å²) in [7, 11) is 0. The summed E-state index contributed by atoms with van der Waals surface area (Å²) in [6, 6.07) is 11.7. The second-order valence-corrected chi connectivity index (χ2v) is 6.10. The fourth-order valence-corrected chi connectivity index (χ4v) is 2.45. The molecule has 0 saturated carbocycles. The lowest BCUT2D eigenvalue weighted by Crippen LogP contribution is -2.36. The van der Waals surface area contributed by atoms with E-state index in [1.54, 1.807) is 43.3 Å². The molecule has 2 rings (SSSR count). The molecule has 0 bridgehead atoms. The topological polar surface area (TPSA) is 32.3 Å². The van der Waals surface area contributed by atoms with E-state index in [2.05, 4.69) is 21.2 Å². The van der Waals surface area contributed by atoms with Gasteiger partial charge in [-0.1, -0.05) is 27.5 Å². The molecule has 0 aliphatic carbocycles. The van der Waals surface area contributed by atoms with Crippen molar-refractivity contribution in [2.24, 2.45) is 0 Å². The summed E-state index contributed by atoms with van der Waals surface area (Å²) in [6.07, 6.45) is 0. The molecule has 20 heavy (non-hydrogen) atoms. The van der Waals surface area contributed by atoms with Crippen LogP contribution in [0.4, 0.5) is 10.1 Å². The van der Waals surface area contributed by atoms with Gasteiger partial charge in [-0.15, -0.1) is 0 Å². The quantitative estimate of drug-likeness (QED) is 0.839. The number of aliphatic hydroxyl groups excluding tert-OH is 1. The molecule has 0 fully saturated rings. The Morgan fingerprint density at radius 2 is 1.90 bits per heavy atom. The molecular formula is C15H14BrClFNO. The molecule has 2 N–H and O–H groups in total. The van der Waals surface area contributed by atoms with Gasteiger partial charge in [-0.3, -0.25) is 0 Å². The van der Waals surface area contributed by atoms with Crippen molar-refractivity contribution in [3.8, 4) is 0 Å². The van der Waals surface area contributed by atoms with Crippen LogP contribution in [-0.2, 0) is 5.54 Å². The largest absolute Gasteiger partial charge is 0.394 e. The van der Waals surface area contributed by atoms with Crippen LogP contribution in [0, 0.1) is 5.82 Å². The molecule has 0 amide bonds. The predicted octanol–water partition coefficient (Wildman–Crippen LogP) is 4.56. The first-order chi connectivity index (χ1) is 9.44. The lowest BCUT2D eigenvalue weighted by molar-refractivity contribution is 0.220. The van der Waals surface area contributed by atoms with Crippen molar-refractivity contribution in [2.75, 3.05) is 11.9 Å². The molecule has 2 aromatic rings. The highest BCUT2D eigenvalue weighted by Gasteiger charge is 2.29. The third-order valence-corrected chi connectivity index (χ3v) is 3.85. The Bertz CT molecular complexity index is 605. The van der Waals surface area contributed by atoms with Gasteiger partial charge in [0, 0.05) is 20.7 Å². The smallest absolute Gasteiger partial charge is 0.128 e. The zero-order chi connectivity index (χ0) is 14.8. The number of benzene rings is 2. The number of aliphatic hydroxyl groups is 1. The summed E-state index contributed by atoms with van der Waals surface area (Å²) in [6.45, 7) is 1.50. The highest BCUT2D eigenvalue weighted by molar-refractivity contribution is 9.10. The highest BCUT2D eigenvalue weighted by Crippen LogP contribution is 2.30. The summed E-state index contributed by atoms with van der Waals surface area (Å²) < 4.78 is 14.8. The Balaban J connectivity index is 2.37. The predicted molar refractivity (Wildman–Crippen MR) is 83.6 cm³/mol. The number of nitrogens with one attached hydrogen (secondary N) is 1. The normalized spacial score (nSPS) is 13.8. The van der Waals surface area contributed by atoms with Crippen LogP contribution in [0.1, 0.15) is 12.5 Å². The van der Waals surface area contributed by atoms with E-state index < -0.39 is 5.54 Å². The summed E-state index contributed by atoms with van der Waals surface area (Å²) in [4.78, 5) is 0. The van der Waals surface area contributed by atoms with Gasteiger partial charge in [0.25, 0.3) is 0 Å². The third-order valence-electron chi connectivity index (χ3n) is 3.10. The van der Waals surface area contributed by atoms with Crippen LogP contribution in [0.2, 0.25) is 5.02 Å². The van der Waals surface area contributed by atoms with E-state index in [0.29, 0.717) is 10.6 Å². The van der Waals surface area contributed by atoms with E-state index in [0.717, 1.165) is 10.2 Å². The lowest BCUT2D eigenvalue weighted by Gasteiger charge is -2.31. The number of hydrogen-bond acceptors (Lipinski definition) is 2. The van der Waals surface area contributed by atoms with Crippen LogP contribution in [0.15, 0.2) is 46.9 Å². The monoisotopic (exact) mass is 357 g/mol. The SMILES string of the molecule is CC(CO)(Nc1ccc(Cl)cc1)c1cc(Br)ccc1F. The van der Waals surface area contributed by atoms with Crippen molar-refractivity contribution >= 4 is 33.2 Å². The van der Waals surface area contributed by atoms with Crippen LogP contribution >= 0.6 is 27.5 Å². The summed E-state index contributed by atoms with van der Waals surface area (Å²) in [5.41, 5.74) is 0.219. The van der Waals surface area contributed by atoms with Crippen LogP contribution in [0.25, 0.3) is 0 Å². The average Bonchev–Trinajstić information content (AvgIpc) is 2.44. The highest BCUT2D eigenvalue weighted by atomic mass is 79.9. The maximum absolute atomic E-state index is 14.0. The second-order valence-electron chi connectivity index (χ2n) is 4.75. The van der Waals surface area contributed by atoms with Gasteiger partial charge in [0.05, 0.1) is 12.1 Å². The summed E-state index contributed by atoms with van der Waals surface area (Å²) >= 11 is 9.16. The summed E-state index contributed by atoms with van der Waals surface area (Å²) in [5.74, 6) is -0.369. The van der Waals surface area contributed by atoms with E-state index in [-0.39, 0.29) is 12.4 Å². The standard InChI is InChI=1S/C15H14BrClFNO/c1-15(9-20,13-8-10(16)2-7-14(13)18)19-12-5-3-11(17)4-6-12/h2-8,19-20H,9H2,1H3. The van der Waals surface area contributed by atoms with Crippen molar-refractivity contribution < 1.29 is 9.50 Å². The molecule has 0 aromatic heterocycles. The second kappa shape index (κ2) is 6.12. The Morgan fingerprint density at radius 3 is 2.50 bits per heavy atom. The third kappa shape index (κ3) is 3.32. The molecule has 106 valence electrons. The van der Waals surface area contributed by atoms with Crippen molar-refractivity contribution in [2.45, 2.75) is 12.5 Å². The molecule has 0 aliphatic heterocycles. The molecule has 0 aliphatic rings. The first-order valence-electron chi connectivity index (χ1n) is 6.05. The van der Waals surface area contributed by atoms with E-state index in [1.165, 1.54) is 6.07 Å². The molecule has 1 atom stereocenters. The maximum atomic E-state index is 14.0. The first kappa shape index (κ1) is 15.3. The van der Waals surface area contributed by atoms with Gasteiger partial charge in [-0.05, 0) is 49.4 Å². The average molecular weight is 359 g/mol.